The maximum absolute atomic E-state index is 12.4. The normalized spacial score (nSPS) is 11.9. The van der Waals surface area contributed by atoms with E-state index < -0.39 is 20.2 Å². The monoisotopic (exact) mass is 508 g/mol. The van der Waals surface area contributed by atoms with Crippen molar-refractivity contribution >= 4 is 32.4 Å². The Hall–Kier alpha value is -4.08. The molecule has 1 N–H and O–H groups in total. The summed E-state index contributed by atoms with van der Waals surface area (Å²) in [5.74, 6) is -0.0474. The lowest BCUT2D eigenvalue weighted by Crippen LogP contribution is -2.09. The van der Waals surface area contributed by atoms with Gasteiger partial charge < -0.3 is 13.5 Å². The van der Waals surface area contributed by atoms with Gasteiger partial charge >= 0.3 is 20.2 Å². The van der Waals surface area contributed by atoms with Crippen LogP contribution in [0.25, 0.3) is 12.2 Å². The zero-order valence-electron chi connectivity index (χ0n) is 18.2. The molecule has 0 aliphatic heterocycles. The van der Waals surface area contributed by atoms with Gasteiger partial charge in [0.25, 0.3) is 0 Å². The molecular weight excluding hydrogens is 488 g/mol. The van der Waals surface area contributed by atoms with Crippen LogP contribution in [-0.2, 0) is 20.2 Å². The molecule has 0 spiro atoms. The highest BCUT2D eigenvalue weighted by atomic mass is 32.2. The average Bonchev–Trinajstić information content (AvgIpc) is 2.84. The van der Waals surface area contributed by atoms with E-state index in [0.29, 0.717) is 5.56 Å². The van der Waals surface area contributed by atoms with Crippen LogP contribution in [0, 0.1) is 0 Å². The lowest BCUT2D eigenvalue weighted by molar-refractivity contribution is 0.463. The smallest absolute Gasteiger partial charge is 0.339 e. The third-order valence-electron chi connectivity index (χ3n) is 4.74. The van der Waals surface area contributed by atoms with Crippen LogP contribution in [0.2, 0.25) is 0 Å². The second-order valence-electron chi connectivity index (χ2n) is 7.36. The highest BCUT2D eigenvalue weighted by Gasteiger charge is 2.17. The number of hydrogen-bond acceptors (Lipinski definition) is 7. The fourth-order valence-electron chi connectivity index (χ4n) is 3.10. The Morgan fingerprint density at radius 2 is 1.03 bits per heavy atom. The van der Waals surface area contributed by atoms with Gasteiger partial charge in [0.1, 0.15) is 27.0 Å². The summed E-state index contributed by atoms with van der Waals surface area (Å²) in [6.07, 6.45) is 3.36. The van der Waals surface area contributed by atoms with Crippen LogP contribution in [0.5, 0.6) is 17.2 Å². The van der Waals surface area contributed by atoms with E-state index in [1.165, 1.54) is 54.6 Å². The number of phenols is 1. The van der Waals surface area contributed by atoms with Crippen LogP contribution in [0.15, 0.2) is 113 Å². The molecular formula is C26H20O7S2. The molecule has 0 amide bonds. The van der Waals surface area contributed by atoms with Gasteiger partial charge in [-0.2, -0.15) is 16.8 Å². The van der Waals surface area contributed by atoms with Gasteiger partial charge in [0.2, 0.25) is 0 Å². The molecule has 0 saturated heterocycles. The van der Waals surface area contributed by atoms with Gasteiger partial charge in [-0.1, -0.05) is 60.7 Å². The van der Waals surface area contributed by atoms with Crippen molar-refractivity contribution in [2.45, 2.75) is 9.79 Å². The van der Waals surface area contributed by atoms with Crippen molar-refractivity contribution in [3.8, 4) is 17.2 Å². The Morgan fingerprint density at radius 1 is 0.543 bits per heavy atom. The van der Waals surface area contributed by atoms with Gasteiger partial charge in [-0.3, -0.25) is 0 Å². The molecule has 0 aliphatic carbocycles. The molecule has 0 atom stereocenters. The Labute approximate surface area is 203 Å². The molecule has 0 saturated carbocycles. The van der Waals surface area contributed by atoms with E-state index in [9.17, 15) is 21.9 Å². The van der Waals surface area contributed by atoms with E-state index in [1.54, 1.807) is 60.7 Å². The minimum atomic E-state index is -4.05. The second-order valence-corrected chi connectivity index (χ2v) is 10.5. The van der Waals surface area contributed by atoms with Crippen molar-refractivity contribution in [3.63, 3.8) is 0 Å². The number of aromatic hydroxyl groups is 1. The highest BCUT2D eigenvalue weighted by Crippen LogP contribution is 2.27. The van der Waals surface area contributed by atoms with Crippen LogP contribution >= 0.6 is 0 Å². The van der Waals surface area contributed by atoms with E-state index in [-0.39, 0.29) is 27.0 Å². The van der Waals surface area contributed by atoms with Crippen LogP contribution in [0.1, 0.15) is 11.1 Å². The third kappa shape index (κ3) is 6.28. The predicted octanol–water partition coefficient (Wildman–Crippen LogP) is 5.10. The molecule has 0 fully saturated rings. The lowest BCUT2D eigenvalue weighted by atomic mass is 10.1. The Morgan fingerprint density at radius 3 is 1.57 bits per heavy atom. The quantitative estimate of drug-likeness (QED) is 0.261. The first-order valence-corrected chi connectivity index (χ1v) is 13.1. The first-order chi connectivity index (χ1) is 16.7. The number of benzene rings is 4. The minimum Gasteiger partial charge on any atom is -0.508 e. The minimum absolute atomic E-state index is 0.00276. The number of phenolic OH excluding ortho intramolecular Hbond substituents is 1. The van der Waals surface area contributed by atoms with Crippen LogP contribution < -0.4 is 8.37 Å². The Bertz CT molecular complexity index is 1550. The molecule has 178 valence electrons. The van der Waals surface area contributed by atoms with Gasteiger partial charge in [0, 0.05) is 6.07 Å². The summed E-state index contributed by atoms with van der Waals surface area (Å²) in [5.41, 5.74) is 1.22. The topological polar surface area (TPSA) is 107 Å². The average molecular weight is 509 g/mol. The molecule has 7 nitrogen and oxygen atoms in total. The maximum Gasteiger partial charge on any atom is 0.339 e. The van der Waals surface area contributed by atoms with Crippen LogP contribution in [0.3, 0.4) is 0 Å². The maximum atomic E-state index is 12.4. The molecule has 0 unspecified atom stereocenters. The SMILES string of the molecule is O=S(=O)(Oc1ccc(/C=C/c2cc(O)cc(OS(=O)(=O)c3ccccc3)c2)cc1)c1ccccc1. The Balaban J connectivity index is 1.48. The molecule has 4 aromatic carbocycles. The molecule has 0 bridgehead atoms. The van der Waals surface area contributed by atoms with Gasteiger partial charge in [-0.15, -0.1) is 0 Å². The molecule has 4 aromatic rings. The van der Waals surface area contributed by atoms with Crippen molar-refractivity contribution in [1.82, 2.24) is 0 Å². The zero-order valence-corrected chi connectivity index (χ0v) is 19.8. The predicted molar refractivity (Wildman–Crippen MR) is 132 cm³/mol. The molecule has 0 aromatic heterocycles. The lowest BCUT2D eigenvalue weighted by Gasteiger charge is -2.08. The molecule has 0 radical (unpaired) electrons. The fraction of sp³-hybridized carbons (Fsp3) is 0. The fourth-order valence-corrected chi connectivity index (χ4v) is 4.99. The molecule has 4 rings (SSSR count). The van der Waals surface area contributed by atoms with Crippen molar-refractivity contribution in [3.05, 3.63) is 114 Å². The second kappa shape index (κ2) is 10.0. The van der Waals surface area contributed by atoms with E-state index in [1.807, 2.05) is 0 Å². The molecule has 0 aliphatic rings. The molecule has 9 heteroatoms. The summed E-state index contributed by atoms with van der Waals surface area (Å²) in [6, 6.07) is 26.0. The summed E-state index contributed by atoms with van der Waals surface area (Å²) >= 11 is 0. The van der Waals surface area contributed by atoms with E-state index in [4.69, 9.17) is 8.37 Å². The van der Waals surface area contributed by atoms with Crippen LogP contribution in [0.4, 0.5) is 0 Å². The Kier molecular flexibility index (Phi) is 6.90. The van der Waals surface area contributed by atoms with Crippen LogP contribution in [-0.4, -0.2) is 21.9 Å². The van der Waals surface area contributed by atoms with Gasteiger partial charge in [0.05, 0.1) is 0 Å². The summed E-state index contributed by atoms with van der Waals surface area (Å²) in [6.45, 7) is 0. The molecule has 35 heavy (non-hydrogen) atoms. The van der Waals surface area contributed by atoms with E-state index in [0.717, 1.165) is 5.56 Å². The zero-order chi connectivity index (χ0) is 24.9. The summed E-state index contributed by atoms with van der Waals surface area (Å²) in [4.78, 5) is 0.0529. The number of hydrogen-bond donors (Lipinski definition) is 1. The first kappa shape index (κ1) is 24.1. The van der Waals surface area contributed by atoms with E-state index in [2.05, 4.69) is 0 Å². The van der Waals surface area contributed by atoms with Gasteiger partial charge in [-0.05, 0) is 59.7 Å². The molecule has 0 heterocycles. The summed E-state index contributed by atoms with van der Waals surface area (Å²) in [7, 11) is -7.99. The largest absolute Gasteiger partial charge is 0.508 e. The van der Waals surface area contributed by atoms with E-state index >= 15 is 0 Å². The standard InChI is InChI=1S/C26H20O7S2/c27-22-17-21(18-24(19-22)33-35(30,31)26-9-5-2-6-10-26)12-11-20-13-15-23(16-14-20)32-34(28,29)25-7-3-1-4-8-25/h1-19,27H/b12-11+. The first-order valence-electron chi connectivity index (χ1n) is 10.3. The van der Waals surface area contributed by atoms with Crippen molar-refractivity contribution < 1.29 is 30.3 Å². The van der Waals surface area contributed by atoms with Gasteiger partial charge in [0.15, 0.2) is 0 Å². The highest BCUT2D eigenvalue weighted by molar-refractivity contribution is 7.87. The van der Waals surface area contributed by atoms with Gasteiger partial charge in [-0.25, -0.2) is 0 Å². The van der Waals surface area contributed by atoms with Crippen molar-refractivity contribution in [2.75, 3.05) is 0 Å². The summed E-state index contributed by atoms with van der Waals surface area (Å²) in [5, 5.41) is 10.0. The third-order valence-corrected chi connectivity index (χ3v) is 7.26. The van der Waals surface area contributed by atoms with Crippen molar-refractivity contribution in [2.24, 2.45) is 0 Å². The summed E-state index contributed by atoms with van der Waals surface area (Å²) < 4.78 is 59.9. The van der Waals surface area contributed by atoms with Crippen molar-refractivity contribution in [1.29, 1.82) is 0 Å². The number of rotatable bonds is 8.